The molecule has 1 aliphatic heterocycles. The van der Waals surface area contributed by atoms with Gasteiger partial charge in [0.15, 0.2) is 0 Å². The van der Waals surface area contributed by atoms with Gasteiger partial charge in [0.05, 0.1) is 0 Å². The summed E-state index contributed by atoms with van der Waals surface area (Å²) in [5.41, 5.74) is 3.81. The number of ether oxygens (including phenoxy) is 1. The summed E-state index contributed by atoms with van der Waals surface area (Å²) in [5.74, 6) is 1.78. The third-order valence-electron chi connectivity index (χ3n) is 6.17. The zero-order chi connectivity index (χ0) is 19.2. The molecule has 1 saturated carbocycles. The second kappa shape index (κ2) is 9.53. The van der Waals surface area contributed by atoms with Crippen LogP contribution in [0.25, 0.3) is 0 Å². The molecular weight excluding hydrogens is 348 g/mol. The summed E-state index contributed by atoms with van der Waals surface area (Å²) in [7, 11) is 0. The number of nitrogens with zero attached hydrogens (tertiary/aromatic N) is 2. The molecule has 0 amide bonds. The quantitative estimate of drug-likeness (QED) is 0.752. The Morgan fingerprint density at radius 3 is 2.96 bits per heavy atom. The molecule has 4 heteroatoms. The number of aromatic nitrogens is 1. The van der Waals surface area contributed by atoms with Crippen LogP contribution in [-0.4, -0.2) is 40.8 Å². The topological polar surface area (TPSA) is 45.6 Å². The molecule has 1 aliphatic carbocycles. The first-order valence-electron chi connectivity index (χ1n) is 10.8. The van der Waals surface area contributed by atoms with Crippen molar-refractivity contribution in [3.63, 3.8) is 0 Å². The number of benzene rings is 1. The molecule has 150 valence electrons. The fraction of sp³-hybridized carbons (Fsp3) is 0.542. The number of hydrogen-bond acceptors (Lipinski definition) is 4. The number of aliphatic hydroxyl groups is 1. The number of pyridine rings is 1. The van der Waals surface area contributed by atoms with Crippen molar-refractivity contribution in [3.05, 3.63) is 59.4 Å². The zero-order valence-corrected chi connectivity index (χ0v) is 16.7. The SMILES string of the molecule is OC(COc1cccc(CCC2CCCC2)c1)CN1CCc2ncccc2C1. The first-order chi connectivity index (χ1) is 13.8. The van der Waals surface area contributed by atoms with E-state index in [-0.39, 0.29) is 0 Å². The Kier molecular flexibility index (Phi) is 6.61. The first kappa shape index (κ1) is 19.4. The Morgan fingerprint density at radius 2 is 2.07 bits per heavy atom. The van der Waals surface area contributed by atoms with E-state index >= 15 is 0 Å². The summed E-state index contributed by atoms with van der Waals surface area (Å²) in [4.78, 5) is 6.73. The maximum atomic E-state index is 10.4. The molecular formula is C24H32N2O2. The minimum atomic E-state index is -0.486. The summed E-state index contributed by atoms with van der Waals surface area (Å²) in [6.07, 6.45) is 10.4. The highest BCUT2D eigenvalue weighted by molar-refractivity contribution is 5.28. The van der Waals surface area contributed by atoms with Crippen LogP contribution in [0.3, 0.4) is 0 Å². The molecule has 1 aromatic carbocycles. The molecule has 1 N–H and O–H groups in total. The van der Waals surface area contributed by atoms with Gasteiger partial charge in [-0.1, -0.05) is 43.9 Å². The highest BCUT2D eigenvalue weighted by Crippen LogP contribution is 2.29. The Bertz CT molecular complexity index is 758. The van der Waals surface area contributed by atoms with Crippen molar-refractivity contribution < 1.29 is 9.84 Å². The molecule has 1 unspecified atom stereocenters. The zero-order valence-electron chi connectivity index (χ0n) is 16.7. The van der Waals surface area contributed by atoms with Crippen LogP contribution in [0.15, 0.2) is 42.6 Å². The predicted octanol–water partition coefficient (Wildman–Crippen LogP) is 4.00. The molecule has 4 rings (SSSR count). The Morgan fingerprint density at radius 1 is 1.18 bits per heavy atom. The van der Waals surface area contributed by atoms with Crippen molar-refractivity contribution in [2.75, 3.05) is 19.7 Å². The summed E-state index contributed by atoms with van der Waals surface area (Å²) in [5, 5.41) is 10.4. The molecule has 28 heavy (non-hydrogen) atoms. The summed E-state index contributed by atoms with van der Waals surface area (Å²) < 4.78 is 5.90. The smallest absolute Gasteiger partial charge is 0.119 e. The number of aliphatic hydroxyl groups excluding tert-OH is 1. The molecule has 0 spiro atoms. The Balaban J connectivity index is 1.22. The number of fused-ring (bicyclic) bond motifs is 1. The molecule has 2 aromatic rings. The lowest BCUT2D eigenvalue weighted by molar-refractivity contribution is 0.0635. The van der Waals surface area contributed by atoms with Crippen LogP contribution in [0.5, 0.6) is 5.75 Å². The molecule has 2 aliphatic rings. The van der Waals surface area contributed by atoms with Crippen molar-refractivity contribution in [2.24, 2.45) is 5.92 Å². The van der Waals surface area contributed by atoms with Gasteiger partial charge in [-0.15, -0.1) is 0 Å². The molecule has 4 nitrogen and oxygen atoms in total. The van der Waals surface area contributed by atoms with Crippen LogP contribution in [0.4, 0.5) is 0 Å². The van der Waals surface area contributed by atoms with Crippen LogP contribution in [0.2, 0.25) is 0 Å². The van der Waals surface area contributed by atoms with E-state index in [0.29, 0.717) is 13.2 Å². The third-order valence-corrected chi connectivity index (χ3v) is 6.17. The summed E-state index contributed by atoms with van der Waals surface area (Å²) >= 11 is 0. The predicted molar refractivity (Wildman–Crippen MR) is 111 cm³/mol. The molecule has 2 heterocycles. The van der Waals surface area contributed by atoms with Crippen molar-refractivity contribution in [3.8, 4) is 5.75 Å². The minimum absolute atomic E-state index is 0.336. The highest BCUT2D eigenvalue weighted by atomic mass is 16.5. The average Bonchev–Trinajstić information content (AvgIpc) is 3.25. The van der Waals surface area contributed by atoms with Crippen molar-refractivity contribution in [1.82, 2.24) is 9.88 Å². The van der Waals surface area contributed by atoms with Crippen molar-refractivity contribution in [1.29, 1.82) is 0 Å². The second-order valence-corrected chi connectivity index (χ2v) is 8.40. The fourth-order valence-corrected chi connectivity index (χ4v) is 4.58. The van der Waals surface area contributed by atoms with Gasteiger partial charge < -0.3 is 9.84 Å². The molecule has 1 atom stereocenters. The summed E-state index contributed by atoms with van der Waals surface area (Å²) in [6, 6.07) is 12.5. The maximum absolute atomic E-state index is 10.4. The van der Waals surface area contributed by atoms with E-state index in [2.05, 4.69) is 34.1 Å². The van der Waals surface area contributed by atoms with E-state index in [0.717, 1.165) is 37.6 Å². The standard InChI is InChI=1S/C24H32N2O2/c27-22(17-26-14-12-24-21(16-26)8-4-13-25-24)18-28-23-9-3-7-20(15-23)11-10-19-5-1-2-6-19/h3-4,7-9,13,15,19,22,27H,1-2,5-6,10-12,14,16-18H2. The molecule has 1 aromatic heterocycles. The van der Waals surface area contributed by atoms with Gasteiger partial charge in [0.1, 0.15) is 18.5 Å². The number of aryl methyl sites for hydroxylation is 1. The highest BCUT2D eigenvalue weighted by Gasteiger charge is 2.19. The van der Waals surface area contributed by atoms with E-state index in [9.17, 15) is 5.11 Å². The van der Waals surface area contributed by atoms with Gasteiger partial charge in [-0.2, -0.15) is 0 Å². The number of hydrogen-bond donors (Lipinski definition) is 1. The molecule has 0 radical (unpaired) electrons. The Hall–Kier alpha value is -1.91. The lowest BCUT2D eigenvalue weighted by Crippen LogP contribution is -2.39. The van der Waals surface area contributed by atoms with E-state index in [1.165, 1.54) is 48.9 Å². The second-order valence-electron chi connectivity index (χ2n) is 8.40. The van der Waals surface area contributed by atoms with Gasteiger partial charge in [-0.25, -0.2) is 0 Å². The van der Waals surface area contributed by atoms with E-state index in [1.54, 1.807) is 0 Å². The van der Waals surface area contributed by atoms with Crippen LogP contribution < -0.4 is 4.74 Å². The van der Waals surface area contributed by atoms with Gasteiger partial charge in [0.25, 0.3) is 0 Å². The van der Waals surface area contributed by atoms with Crippen LogP contribution >= 0.6 is 0 Å². The fourth-order valence-electron chi connectivity index (χ4n) is 4.58. The maximum Gasteiger partial charge on any atom is 0.119 e. The van der Waals surface area contributed by atoms with Crippen LogP contribution in [-0.2, 0) is 19.4 Å². The largest absolute Gasteiger partial charge is 0.491 e. The van der Waals surface area contributed by atoms with Gasteiger partial charge in [-0.05, 0) is 48.1 Å². The molecule has 0 bridgehead atoms. The lowest BCUT2D eigenvalue weighted by Gasteiger charge is -2.29. The summed E-state index contributed by atoms with van der Waals surface area (Å²) in [6.45, 7) is 2.77. The van der Waals surface area contributed by atoms with Crippen molar-refractivity contribution in [2.45, 2.75) is 57.6 Å². The Labute approximate surface area is 168 Å². The van der Waals surface area contributed by atoms with Crippen LogP contribution in [0, 0.1) is 5.92 Å². The van der Waals surface area contributed by atoms with Crippen molar-refractivity contribution >= 4 is 0 Å². The van der Waals surface area contributed by atoms with Crippen LogP contribution in [0.1, 0.15) is 48.9 Å². The number of β-amino-alcohol motifs (C(OH)–C–C–N with tert-alkyl or cyclic N) is 1. The third kappa shape index (κ3) is 5.33. The lowest BCUT2D eigenvalue weighted by atomic mass is 9.98. The van der Waals surface area contributed by atoms with E-state index in [1.807, 2.05) is 18.3 Å². The normalized spacial score (nSPS) is 18.8. The van der Waals surface area contributed by atoms with Gasteiger partial charge in [-0.3, -0.25) is 9.88 Å². The molecule has 0 saturated heterocycles. The van der Waals surface area contributed by atoms with Gasteiger partial charge >= 0.3 is 0 Å². The van der Waals surface area contributed by atoms with E-state index < -0.39 is 6.10 Å². The monoisotopic (exact) mass is 380 g/mol. The minimum Gasteiger partial charge on any atom is -0.491 e. The van der Waals surface area contributed by atoms with E-state index in [4.69, 9.17) is 4.74 Å². The number of rotatable bonds is 8. The first-order valence-corrected chi connectivity index (χ1v) is 10.8. The molecule has 1 fully saturated rings. The van der Waals surface area contributed by atoms with Gasteiger partial charge in [0, 0.05) is 37.9 Å². The average molecular weight is 381 g/mol. The van der Waals surface area contributed by atoms with Gasteiger partial charge in [0.2, 0.25) is 0 Å².